The summed E-state index contributed by atoms with van der Waals surface area (Å²) in [6.45, 7) is 3.95. The van der Waals surface area contributed by atoms with Crippen molar-refractivity contribution >= 4 is 29.2 Å². The molecule has 1 N–H and O–H groups in total. The van der Waals surface area contributed by atoms with E-state index in [1.807, 2.05) is 19.9 Å². The first-order chi connectivity index (χ1) is 9.97. The van der Waals surface area contributed by atoms with Crippen LogP contribution in [0.2, 0.25) is 10.0 Å². The van der Waals surface area contributed by atoms with Crippen LogP contribution in [-0.2, 0) is 24.1 Å². The highest BCUT2D eigenvalue weighted by atomic mass is 35.5. The second kappa shape index (κ2) is 6.50. The van der Waals surface area contributed by atoms with Crippen LogP contribution in [0.1, 0.15) is 30.8 Å². The summed E-state index contributed by atoms with van der Waals surface area (Å²) in [5.74, 6) is -0.854. The first-order valence-electron chi connectivity index (χ1n) is 6.74. The van der Waals surface area contributed by atoms with Gasteiger partial charge in [-0.1, -0.05) is 37.0 Å². The number of aliphatic carboxylic acids is 1. The molecule has 1 aromatic carbocycles. The fraction of sp³-hybridized carbons (Fsp3) is 0.333. The number of aryl methyl sites for hydroxylation is 1. The van der Waals surface area contributed by atoms with Crippen LogP contribution in [0.15, 0.2) is 18.2 Å². The smallest absolute Gasteiger partial charge is 0.307 e. The SMILES string of the molecule is CCc1nn(-c2ccc(Cl)c(Cl)c2)c(CC)c1CC(=O)O. The molecule has 0 aliphatic heterocycles. The molecule has 0 fully saturated rings. The van der Waals surface area contributed by atoms with Crippen molar-refractivity contribution in [1.82, 2.24) is 9.78 Å². The number of rotatable bonds is 5. The van der Waals surface area contributed by atoms with Gasteiger partial charge in [0.25, 0.3) is 0 Å². The summed E-state index contributed by atoms with van der Waals surface area (Å²) in [6, 6.07) is 5.27. The standard InChI is InChI=1S/C15H16Cl2N2O2/c1-3-13-10(8-15(20)21)14(4-2)19(18-13)9-5-6-11(16)12(17)7-9/h5-7H,3-4,8H2,1-2H3,(H,20,21). The minimum Gasteiger partial charge on any atom is -0.481 e. The molecular weight excluding hydrogens is 311 g/mol. The Kier molecular flexibility index (Phi) is 4.91. The number of halogens is 2. The molecule has 0 aliphatic carbocycles. The van der Waals surface area contributed by atoms with Crippen molar-refractivity contribution in [3.05, 3.63) is 45.2 Å². The minimum atomic E-state index is -0.854. The number of nitrogens with zero attached hydrogens (tertiary/aromatic N) is 2. The predicted octanol–water partition coefficient (Wildman–Crippen LogP) is 3.93. The van der Waals surface area contributed by atoms with Crippen molar-refractivity contribution in [1.29, 1.82) is 0 Å². The van der Waals surface area contributed by atoms with E-state index in [-0.39, 0.29) is 6.42 Å². The highest BCUT2D eigenvalue weighted by Crippen LogP contribution is 2.27. The summed E-state index contributed by atoms with van der Waals surface area (Å²) in [6.07, 6.45) is 1.35. The quantitative estimate of drug-likeness (QED) is 0.905. The maximum Gasteiger partial charge on any atom is 0.307 e. The molecule has 0 bridgehead atoms. The molecule has 0 saturated heterocycles. The second-order valence-electron chi connectivity index (χ2n) is 4.66. The fourth-order valence-electron chi connectivity index (χ4n) is 2.37. The molecule has 0 saturated carbocycles. The summed E-state index contributed by atoms with van der Waals surface area (Å²) in [5.41, 5.74) is 3.28. The number of hydrogen-bond acceptors (Lipinski definition) is 2. The number of carboxylic acid groups (broad SMARTS) is 1. The van der Waals surface area contributed by atoms with Gasteiger partial charge in [-0.3, -0.25) is 4.79 Å². The van der Waals surface area contributed by atoms with Gasteiger partial charge in [0.15, 0.2) is 0 Å². The largest absolute Gasteiger partial charge is 0.481 e. The molecule has 2 aromatic rings. The maximum absolute atomic E-state index is 11.1. The van der Waals surface area contributed by atoms with Crippen molar-refractivity contribution in [2.45, 2.75) is 33.1 Å². The van der Waals surface area contributed by atoms with Gasteiger partial charge in [0.1, 0.15) is 0 Å². The normalized spacial score (nSPS) is 10.9. The van der Waals surface area contributed by atoms with E-state index < -0.39 is 5.97 Å². The number of hydrogen-bond donors (Lipinski definition) is 1. The lowest BCUT2D eigenvalue weighted by atomic mass is 10.1. The van der Waals surface area contributed by atoms with E-state index in [9.17, 15) is 4.79 Å². The molecule has 6 heteroatoms. The van der Waals surface area contributed by atoms with E-state index in [1.165, 1.54) is 0 Å². The monoisotopic (exact) mass is 326 g/mol. The van der Waals surface area contributed by atoms with E-state index in [2.05, 4.69) is 5.10 Å². The molecule has 21 heavy (non-hydrogen) atoms. The van der Waals surface area contributed by atoms with Crippen LogP contribution in [0.3, 0.4) is 0 Å². The second-order valence-corrected chi connectivity index (χ2v) is 5.47. The lowest BCUT2D eigenvalue weighted by Crippen LogP contribution is -2.06. The van der Waals surface area contributed by atoms with Crippen molar-refractivity contribution in [3.63, 3.8) is 0 Å². The Morgan fingerprint density at radius 3 is 2.48 bits per heavy atom. The first-order valence-corrected chi connectivity index (χ1v) is 7.50. The first kappa shape index (κ1) is 15.9. The van der Waals surface area contributed by atoms with Gasteiger partial charge in [-0.15, -0.1) is 0 Å². The molecule has 0 aliphatic rings. The number of carbonyl (C=O) groups is 1. The van der Waals surface area contributed by atoms with Crippen molar-refractivity contribution in [2.24, 2.45) is 0 Å². The molecule has 0 unspecified atom stereocenters. The van der Waals surface area contributed by atoms with Crippen molar-refractivity contribution in [2.75, 3.05) is 0 Å². The van der Waals surface area contributed by atoms with Crippen LogP contribution in [0, 0.1) is 0 Å². The van der Waals surface area contributed by atoms with Crippen LogP contribution in [0.25, 0.3) is 5.69 Å². The molecule has 0 amide bonds. The Bertz CT molecular complexity index is 681. The van der Waals surface area contributed by atoms with Gasteiger partial charge in [0, 0.05) is 11.3 Å². The zero-order chi connectivity index (χ0) is 15.6. The van der Waals surface area contributed by atoms with E-state index in [0.29, 0.717) is 22.9 Å². The van der Waals surface area contributed by atoms with Gasteiger partial charge in [0.05, 0.1) is 27.8 Å². The molecule has 0 atom stereocenters. The van der Waals surface area contributed by atoms with E-state index >= 15 is 0 Å². The summed E-state index contributed by atoms with van der Waals surface area (Å²) in [7, 11) is 0. The summed E-state index contributed by atoms with van der Waals surface area (Å²) < 4.78 is 1.76. The highest BCUT2D eigenvalue weighted by Gasteiger charge is 2.19. The molecule has 112 valence electrons. The third-order valence-corrected chi connectivity index (χ3v) is 4.06. The van der Waals surface area contributed by atoms with Crippen LogP contribution < -0.4 is 0 Å². The molecule has 1 aromatic heterocycles. The average Bonchev–Trinajstić information content (AvgIpc) is 2.78. The van der Waals surface area contributed by atoms with Crippen LogP contribution in [-0.4, -0.2) is 20.9 Å². The maximum atomic E-state index is 11.1. The highest BCUT2D eigenvalue weighted by molar-refractivity contribution is 6.42. The van der Waals surface area contributed by atoms with Crippen LogP contribution >= 0.6 is 23.2 Å². The Labute approximate surface area is 133 Å². The van der Waals surface area contributed by atoms with Gasteiger partial charge in [-0.25, -0.2) is 4.68 Å². The Morgan fingerprint density at radius 2 is 1.95 bits per heavy atom. The van der Waals surface area contributed by atoms with E-state index in [0.717, 1.165) is 22.6 Å². The topological polar surface area (TPSA) is 55.1 Å². The number of aromatic nitrogens is 2. The summed E-state index contributed by atoms with van der Waals surface area (Å²) in [5, 5.41) is 14.6. The molecule has 4 nitrogen and oxygen atoms in total. The van der Waals surface area contributed by atoms with Gasteiger partial charge in [-0.05, 0) is 31.0 Å². The van der Waals surface area contributed by atoms with Gasteiger partial charge >= 0.3 is 5.97 Å². The van der Waals surface area contributed by atoms with Crippen molar-refractivity contribution < 1.29 is 9.90 Å². The van der Waals surface area contributed by atoms with Gasteiger partial charge in [0.2, 0.25) is 0 Å². The third kappa shape index (κ3) is 3.22. The van der Waals surface area contributed by atoms with E-state index in [1.54, 1.807) is 16.8 Å². The molecule has 0 spiro atoms. The Morgan fingerprint density at radius 1 is 1.24 bits per heavy atom. The zero-order valence-electron chi connectivity index (χ0n) is 11.9. The van der Waals surface area contributed by atoms with Crippen LogP contribution in [0.5, 0.6) is 0 Å². The Hall–Kier alpha value is -1.52. The molecular formula is C15H16Cl2N2O2. The van der Waals surface area contributed by atoms with Gasteiger partial charge in [-0.2, -0.15) is 5.10 Å². The predicted molar refractivity (Wildman–Crippen MR) is 83.7 cm³/mol. The summed E-state index contributed by atoms with van der Waals surface area (Å²) in [4.78, 5) is 11.1. The van der Waals surface area contributed by atoms with Crippen molar-refractivity contribution in [3.8, 4) is 5.69 Å². The lowest BCUT2D eigenvalue weighted by Gasteiger charge is -2.08. The van der Waals surface area contributed by atoms with E-state index in [4.69, 9.17) is 28.3 Å². The Balaban J connectivity index is 2.60. The molecule has 2 rings (SSSR count). The molecule has 1 heterocycles. The third-order valence-electron chi connectivity index (χ3n) is 3.32. The summed E-state index contributed by atoms with van der Waals surface area (Å²) >= 11 is 12.0. The number of benzene rings is 1. The van der Waals surface area contributed by atoms with Crippen LogP contribution in [0.4, 0.5) is 0 Å². The number of carboxylic acids is 1. The fourth-order valence-corrected chi connectivity index (χ4v) is 2.66. The minimum absolute atomic E-state index is 0.0202. The van der Waals surface area contributed by atoms with Gasteiger partial charge < -0.3 is 5.11 Å². The lowest BCUT2D eigenvalue weighted by molar-refractivity contribution is -0.136. The zero-order valence-corrected chi connectivity index (χ0v) is 13.4. The molecule has 0 radical (unpaired) electrons. The average molecular weight is 327 g/mol.